The van der Waals surface area contributed by atoms with Crippen molar-refractivity contribution in [1.29, 1.82) is 0 Å². The SMILES string of the molecule is O=S(=O)(O)c1cccc(Nc2c(Cl)nnnc2Cl)c1. The largest absolute Gasteiger partial charge is 0.350 e. The maximum atomic E-state index is 11.0. The highest BCUT2D eigenvalue weighted by molar-refractivity contribution is 7.85. The van der Waals surface area contributed by atoms with Crippen molar-refractivity contribution in [3.8, 4) is 0 Å². The highest BCUT2D eigenvalue weighted by Gasteiger charge is 2.12. The molecule has 100 valence electrons. The third-order valence-corrected chi connectivity index (χ3v) is 3.46. The molecule has 10 heteroatoms. The van der Waals surface area contributed by atoms with Crippen LogP contribution in [0.5, 0.6) is 0 Å². The van der Waals surface area contributed by atoms with Gasteiger partial charge in [0.05, 0.1) is 4.90 Å². The summed E-state index contributed by atoms with van der Waals surface area (Å²) in [6.45, 7) is 0. The van der Waals surface area contributed by atoms with Gasteiger partial charge in [-0.3, -0.25) is 4.55 Å². The van der Waals surface area contributed by atoms with Crippen LogP contribution in [-0.4, -0.2) is 28.4 Å². The van der Waals surface area contributed by atoms with Crippen molar-refractivity contribution in [1.82, 2.24) is 15.4 Å². The van der Waals surface area contributed by atoms with Gasteiger partial charge in [-0.05, 0) is 23.4 Å². The summed E-state index contributed by atoms with van der Waals surface area (Å²) in [5, 5.41) is 13.0. The normalized spacial score (nSPS) is 11.3. The van der Waals surface area contributed by atoms with Crippen molar-refractivity contribution < 1.29 is 13.0 Å². The maximum Gasteiger partial charge on any atom is 0.294 e. The molecule has 0 aliphatic heterocycles. The van der Waals surface area contributed by atoms with E-state index in [-0.39, 0.29) is 20.9 Å². The summed E-state index contributed by atoms with van der Waals surface area (Å²) >= 11 is 11.6. The Bertz CT molecular complexity index is 703. The number of aromatic nitrogens is 3. The van der Waals surface area contributed by atoms with Gasteiger partial charge in [0.15, 0.2) is 10.3 Å². The zero-order chi connectivity index (χ0) is 14.0. The van der Waals surface area contributed by atoms with Crippen LogP contribution >= 0.6 is 23.2 Å². The maximum absolute atomic E-state index is 11.0. The number of nitrogens with zero attached hydrogens (tertiary/aromatic N) is 3. The topological polar surface area (TPSA) is 105 Å². The summed E-state index contributed by atoms with van der Waals surface area (Å²) in [4.78, 5) is -0.264. The average Bonchev–Trinajstić information content (AvgIpc) is 2.33. The summed E-state index contributed by atoms with van der Waals surface area (Å²) in [7, 11) is -4.29. The van der Waals surface area contributed by atoms with Crippen LogP contribution in [0.25, 0.3) is 0 Å². The molecule has 2 N–H and O–H groups in total. The molecule has 1 heterocycles. The van der Waals surface area contributed by atoms with Gasteiger partial charge in [0.25, 0.3) is 10.1 Å². The van der Waals surface area contributed by atoms with Crippen molar-refractivity contribution in [3.05, 3.63) is 34.6 Å². The predicted molar refractivity (Wildman–Crippen MR) is 69.4 cm³/mol. The Morgan fingerprint density at radius 1 is 1.16 bits per heavy atom. The van der Waals surface area contributed by atoms with Gasteiger partial charge < -0.3 is 5.32 Å². The van der Waals surface area contributed by atoms with E-state index in [1.807, 2.05) is 0 Å². The van der Waals surface area contributed by atoms with Crippen LogP contribution < -0.4 is 5.32 Å². The molecule has 19 heavy (non-hydrogen) atoms. The number of benzene rings is 1. The third-order valence-electron chi connectivity index (χ3n) is 2.08. The van der Waals surface area contributed by atoms with E-state index in [0.29, 0.717) is 5.69 Å². The first-order valence-corrected chi connectivity index (χ1v) is 6.96. The molecule has 2 rings (SSSR count). The van der Waals surface area contributed by atoms with Crippen LogP contribution in [0.3, 0.4) is 0 Å². The quantitative estimate of drug-likeness (QED) is 0.835. The molecule has 0 saturated heterocycles. The molecule has 0 atom stereocenters. The number of nitrogens with one attached hydrogen (secondary N) is 1. The van der Waals surface area contributed by atoms with Crippen LogP contribution in [-0.2, 0) is 10.1 Å². The number of hydrogen-bond acceptors (Lipinski definition) is 6. The second kappa shape index (κ2) is 5.25. The van der Waals surface area contributed by atoms with Gasteiger partial charge in [-0.25, -0.2) is 0 Å². The van der Waals surface area contributed by atoms with Crippen LogP contribution in [0.1, 0.15) is 0 Å². The molecule has 1 aromatic carbocycles. The summed E-state index contributed by atoms with van der Waals surface area (Å²) in [5.74, 6) is 0. The van der Waals surface area contributed by atoms with Crippen LogP contribution in [0.4, 0.5) is 11.4 Å². The molecule has 1 aromatic heterocycles. The molecule has 0 radical (unpaired) electrons. The molecular weight excluding hydrogens is 315 g/mol. The molecule has 0 spiro atoms. The van der Waals surface area contributed by atoms with Crippen molar-refractivity contribution in [2.75, 3.05) is 5.32 Å². The Morgan fingerprint density at radius 2 is 1.79 bits per heavy atom. The predicted octanol–water partition coefficient (Wildman–Crippen LogP) is 2.17. The molecular formula is C9H6Cl2N4O3S. The number of hydrogen-bond donors (Lipinski definition) is 2. The molecule has 0 aliphatic rings. The highest BCUT2D eigenvalue weighted by atomic mass is 35.5. The number of halogens is 2. The van der Waals surface area contributed by atoms with Crippen LogP contribution in [0.2, 0.25) is 10.3 Å². The molecule has 7 nitrogen and oxygen atoms in total. The smallest absolute Gasteiger partial charge is 0.294 e. The lowest BCUT2D eigenvalue weighted by Gasteiger charge is -2.08. The van der Waals surface area contributed by atoms with E-state index in [0.717, 1.165) is 0 Å². The summed E-state index contributed by atoms with van der Waals surface area (Å²) in [5.41, 5.74) is 0.527. The standard InChI is InChI=1S/C9H6Cl2N4O3S/c10-8-7(9(11)14-15-13-8)12-5-2-1-3-6(4-5)19(16,17)18/h1-4H,(H,12,15)(H,16,17,18). The van der Waals surface area contributed by atoms with E-state index in [2.05, 4.69) is 20.7 Å². The molecule has 2 aromatic rings. The van der Waals surface area contributed by atoms with E-state index < -0.39 is 10.1 Å². The molecule has 0 unspecified atom stereocenters. The second-order valence-electron chi connectivity index (χ2n) is 3.37. The van der Waals surface area contributed by atoms with Crippen molar-refractivity contribution in [2.24, 2.45) is 0 Å². The monoisotopic (exact) mass is 320 g/mol. The lowest BCUT2D eigenvalue weighted by Crippen LogP contribution is -2.01. The van der Waals surface area contributed by atoms with Gasteiger partial charge in [-0.1, -0.05) is 29.3 Å². The van der Waals surface area contributed by atoms with E-state index in [1.165, 1.54) is 18.2 Å². The fourth-order valence-corrected chi connectivity index (χ4v) is 2.18. The minimum atomic E-state index is -4.29. The van der Waals surface area contributed by atoms with Crippen molar-refractivity contribution >= 4 is 44.7 Å². The van der Waals surface area contributed by atoms with Gasteiger partial charge in [-0.2, -0.15) is 8.42 Å². The number of anilines is 2. The first-order chi connectivity index (χ1) is 8.88. The minimum Gasteiger partial charge on any atom is -0.350 e. The lowest BCUT2D eigenvalue weighted by molar-refractivity contribution is 0.483. The average molecular weight is 321 g/mol. The Hall–Kier alpha value is -1.48. The molecule has 0 aliphatic carbocycles. The number of rotatable bonds is 3. The lowest BCUT2D eigenvalue weighted by atomic mass is 10.3. The van der Waals surface area contributed by atoms with Gasteiger partial charge in [0.2, 0.25) is 0 Å². The highest BCUT2D eigenvalue weighted by Crippen LogP contribution is 2.29. The Labute approximate surface area is 118 Å². The zero-order valence-corrected chi connectivity index (χ0v) is 11.4. The van der Waals surface area contributed by atoms with Gasteiger partial charge in [-0.15, -0.1) is 10.2 Å². The van der Waals surface area contributed by atoms with E-state index in [4.69, 9.17) is 27.8 Å². The molecule has 0 fully saturated rings. The summed E-state index contributed by atoms with van der Waals surface area (Å²) < 4.78 is 31.0. The van der Waals surface area contributed by atoms with Crippen molar-refractivity contribution in [3.63, 3.8) is 0 Å². The first-order valence-electron chi connectivity index (χ1n) is 4.77. The first kappa shape index (κ1) is 13.9. The van der Waals surface area contributed by atoms with Crippen LogP contribution in [0, 0.1) is 0 Å². The van der Waals surface area contributed by atoms with Crippen LogP contribution in [0.15, 0.2) is 29.2 Å². The van der Waals surface area contributed by atoms with Crippen molar-refractivity contribution in [2.45, 2.75) is 4.90 Å². The van der Waals surface area contributed by atoms with E-state index >= 15 is 0 Å². The molecule has 0 bridgehead atoms. The van der Waals surface area contributed by atoms with E-state index in [9.17, 15) is 8.42 Å². The summed E-state index contributed by atoms with van der Waals surface area (Å²) in [6, 6.07) is 5.45. The zero-order valence-electron chi connectivity index (χ0n) is 9.08. The van der Waals surface area contributed by atoms with Gasteiger partial charge in [0.1, 0.15) is 5.69 Å². The Balaban J connectivity index is 2.40. The minimum absolute atomic E-state index is 0.0164. The molecule has 0 saturated carbocycles. The van der Waals surface area contributed by atoms with E-state index in [1.54, 1.807) is 6.07 Å². The summed E-state index contributed by atoms with van der Waals surface area (Å²) in [6.07, 6.45) is 0. The fourth-order valence-electron chi connectivity index (χ4n) is 1.27. The third kappa shape index (κ3) is 3.29. The van der Waals surface area contributed by atoms with Gasteiger partial charge >= 0.3 is 0 Å². The second-order valence-corrected chi connectivity index (χ2v) is 5.51. The molecule has 0 amide bonds. The van der Waals surface area contributed by atoms with Gasteiger partial charge in [0, 0.05) is 5.69 Å². The Kier molecular flexibility index (Phi) is 3.85. The Morgan fingerprint density at radius 3 is 2.37 bits per heavy atom. The fraction of sp³-hybridized carbons (Fsp3) is 0.